The van der Waals surface area contributed by atoms with Crippen molar-refractivity contribution in [2.45, 2.75) is 12.8 Å². The Morgan fingerprint density at radius 3 is 1.98 bits per heavy atom. The van der Waals surface area contributed by atoms with E-state index in [-0.39, 0.29) is 19.1 Å². The summed E-state index contributed by atoms with van der Waals surface area (Å²) in [5.74, 6) is 1.61. The molecule has 2 amide bonds. The molecule has 2 N–H and O–H groups in total. The standard InChI is InChI=1S/C36H36N2O7/c1-5-44-31-17-16-23(14-15-24-19-32(41-2)35(43-4)33(20-24)42-3)18-30(31)38-34(39)21-37-36(40)45-22-29-27-12-8-6-10-25(27)26-11-7-9-13-28(26)29/h6-20,29H,5,21-22H2,1-4H3,(H,37,40)(H,38,39). The van der Waals surface area contributed by atoms with Gasteiger partial charge in [-0.1, -0.05) is 66.7 Å². The number of alkyl carbamates (subject to hydrolysis) is 1. The molecule has 0 fully saturated rings. The van der Waals surface area contributed by atoms with E-state index in [0.717, 1.165) is 33.4 Å². The number of rotatable bonds is 12. The summed E-state index contributed by atoms with van der Waals surface area (Å²) in [4.78, 5) is 25.4. The Morgan fingerprint density at radius 2 is 1.38 bits per heavy atom. The average molecular weight is 609 g/mol. The van der Waals surface area contributed by atoms with Crippen LogP contribution in [0.25, 0.3) is 23.3 Å². The molecule has 0 radical (unpaired) electrons. The Hall–Kier alpha value is -5.44. The van der Waals surface area contributed by atoms with Gasteiger partial charge in [-0.3, -0.25) is 4.79 Å². The molecule has 232 valence electrons. The van der Waals surface area contributed by atoms with Crippen LogP contribution in [0.5, 0.6) is 23.0 Å². The van der Waals surface area contributed by atoms with Crippen molar-refractivity contribution in [3.63, 3.8) is 0 Å². The smallest absolute Gasteiger partial charge is 0.407 e. The number of benzene rings is 4. The van der Waals surface area contributed by atoms with Gasteiger partial charge in [-0.15, -0.1) is 0 Å². The van der Waals surface area contributed by atoms with Crippen molar-refractivity contribution in [2.75, 3.05) is 46.4 Å². The molecule has 45 heavy (non-hydrogen) atoms. The third-order valence-corrected chi connectivity index (χ3v) is 7.47. The zero-order valence-corrected chi connectivity index (χ0v) is 25.7. The molecule has 0 heterocycles. The normalized spacial score (nSPS) is 11.8. The molecular weight excluding hydrogens is 572 g/mol. The van der Waals surface area contributed by atoms with Crippen molar-refractivity contribution in [1.29, 1.82) is 0 Å². The summed E-state index contributed by atoms with van der Waals surface area (Å²) < 4.78 is 27.6. The second-order valence-electron chi connectivity index (χ2n) is 10.2. The maximum Gasteiger partial charge on any atom is 0.407 e. The Bertz CT molecular complexity index is 1650. The summed E-state index contributed by atoms with van der Waals surface area (Å²) in [5, 5.41) is 5.40. The number of hydrogen-bond donors (Lipinski definition) is 2. The minimum absolute atomic E-state index is 0.0680. The first kappa shape index (κ1) is 31.0. The van der Waals surface area contributed by atoms with Crippen LogP contribution in [-0.2, 0) is 9.53 Å². The molecule has 0 atom stereocenters. The fourth-order valence-corrected chi connectivity index (χ4v) is 5.42. The van der Waals surface area contributed by atoms with Gasteiger partial charge in [0.1, 0.15) is 18.9 Å². The SMILES string of the molecule is CCOc1ccc(C=Cc2cc(OC)c(OC)c(OC)c2)cc1NC(=O)CNC(=O)OCC1c2ccccc2-c2ccccc21. The van der Waals surface area contributed by atoms with Gasteiger partial charge in [0.15, 0.2) is 11.5 Å². The highest BCUT2D eigenvalue weighted by atomic mass is 16.5. The van der Waals surface area contributed by atoms with Crippen LogP contribution in [0.2, 0.25) is 0 Å². The largest absolute Gasteiger partial charge is 0.493 e. The van der Waals surface area contributed by atoms with Crippen molar-refractivity contribution in [1.82, 2.24) is 5.32 Å². The lowest BCUT2D eigenvalue weighted by molar-refractivity contribution is -0.115. The van der Waals surface area contributed by atoms with Gasteiger partial charge in [0, 0.05) is 5.92 Å². The summed E-state index contributed by atoms with van der Waals surface area (Å²) in [5.41, 5.74) is 6.64. The van der Waals surface area contributed by atoms with Crippen molar-refractivity contribution in [3.8, 4) is 34.1 Å². The number of nitrogens with one attached hydrogen (secondary N) is 2. The number of anilines is 1. The molecule has 0 saturated carbocycles. The Morgan fingerprint density at radius 1 is 0.756 bits per heavy atom. The summed E-state index contributed by atoms with van der Waals surface area (Å²) in [6, 6.07) is 25.4. The average Bonchev–Trinajstić information content (AvgIpc) is 3.39. The lowest BCUT2D eigenvalue weighted by atomic mass is 9.98. The van der Waals surface area contributed by atoms with Gasteiger partial charge in [0.05, 0.1) is 33.6 Å². The van der Waals surface area contributed by atoms with E-state index in [2.05, 4.69) is 34.9 Å². The molecule has 0 bridgehead atoms. The molecule has 0 aromatic heterocycles. The zero-order valence-electron chi connectivity index (χ0n) is 25.7. The van der Waals surface area contributed by atoms with E-state index in [1.54, 1.807) is 33.5 Å². The first-order valence-electron chi connectivity index (χ1n) is 14.6. The lowest BCUT2D eigenvalue weighted by Crippen LogP contribution is -2.34. The minimum atomic E-state index is -0.668. The Labute approximate surface area is 262 Å². The number of methoxy groups -OCH3 is 3. The van der Waals surface area contributed by atoms with E-state index in [1.165, 1.54) is 0 Å². The first-order valence-corrected chi connectivity index (χ1v) is 14.6. The first-order chi connectivity index (χ1) is 21.9. The number of fused-ring (bicyclic) bond motifs is 3. The van der Waals surface area contributed by atoms with Gasteiger partial charge in [0.2, 0.25) is 11.7 Å². The highest BCUT2D eigenvalue weighted by molar-refractivity contribution is 5.95. The van der Waals surface area contributed by atoms with Gasteiger partial charge < -0.3 is 34.3 Å². The molecule has 0 aliphatic heterocycles. The Balaban J connectivity index is 1.21. The molecular formula is C36H36N2O7. The van der Waals surface area contributed by atoms with Gasteiger partial charge in [0.25, 0.3) is 0 Å². The van der Waals surface area contributed by atoms with Crippen molar-refractivity contribution >= 4 is 29.8 Å². The second kappa shape index (κ2) is 14.4. The predicted molar refractivity (Wildman–Crippen MR) is 174 cm³/mol. The summed E-state index contributed by atoms with van der Waals surface area (Å²) in [7, 11) is 4.68. The zero-order chi connectivity index (χ0) is 31.8. The lowest BCUT2D eigenvalue weighted by Gasteiger charge is -2.15. The molecule has 0 unspecified atom stereocenters. The molecule has 4 aromatic carbocycles. The molecule has 1 aliphatic rings. The van der Waals surface area contributed by atoms with Crippen molar-refractivity contribution in [2.24, 2.45) is 0 Å². The third kappa shape index (κ3) is 7.04. The van der Waals surface area contributed by atoms with Crippen LogP contribution in [-0.4, -0.2) is 53.1 Å². The van der Waals surface area contributed by atoms with Gasteiger partial charge in [-0.05, 0) is 64.6 Å². The van der Waals surface area contributed by atoms with Crippen molar-refractivity contribution < 1.29 is 33.3 Å². The number of ether oxygens (including phenoxy) is 5. The quantitative estimate of drug-likeness (QED) is 0.171. The molecule has 0 spiro atoms. The van der Waals surface area contributed by atoms with Crippen LogP contribution in [0, 0.1) is 0 Å². The maximum atomic E-state index is 12.9. The highest BCUT2D eigenvalue weighted by Gasteiger charge is 2.29. The number of hydrogen-bond acceptors (Lipinski definition) is 7. The van der Waals surface area contributed by atoms with Crippen LogP contribution in [0.1, 0.15) is 35.1 Å². The molecule has 0 saturated heterocycles. The highest BCUT2D eigenvalue weighted by Crippen LogP contribution is 2.44. The summed E-state index contributed by atoms with van der Waals surface area (Å²) in [6.45, 7) is 2.17. The second-order valence-corrected chi connectivity index (χ2v) is 10.2. The van der Waals surface area contributed by atoms with E-state index in [9.17, 15) is 9.59 Å². The van der Waals surface area contributed by atoms with E-state index in [0.29, 0.717) is 35.3 Å². The molecule has 9 heteroatoms. The predicted octanol–water partition coefficient (Wildman–Crippen LogP) is 6.76. The van der Waals surface area contributed by atoms with Gasteiger partial charge in [-0.2, -0.15) is 0 Å². The minimum Gasteiger partial charge on any atom is -0.493 e. The molecule has 1 aliphatic carbocycles. The van der Waals surface area contributed by atoms with Crippen LogP contribution in [0.15, 0.2) is 78.9 Å². The van der Waals surface area contributed by atoms with E-state index in [4.69, 9.17) is 23.7 Å². The van der Waals surface area contributed by atoms with E-state index >= 15 is 0 Å². The third-order valence-electron chi connectivity index (χ3n) is 7.47. The van der Waals surface area contributed by atoms with Crippen LogP contribution in [0.4, 0.5) is 10.5 Å². The fraction of sp³-hybridized carbons (Fsp3) is 0.222. The van der Waals surface area contributed by atoms with Crippen LogP contribution in [0.3, 0.4) is 0 Å². The van der Waals surface area contributed by atoms with Crippen LogP contribution >= 0.6 is 0 Å². The molecule has 4 aromatic rings. The number of amides is 2. The van der Waals surface area contributed by atoms with Gasteiger partial charge >= 0.3 is 6.09 Å². The van der Waals surface area contributed by atoms with Crippen molar-refractivity contribution in [3.05, 3.63) is 101 Å². The van der Waals surface area contributed by atoms with Crippen LogP contribution < -0.4 is 29.6 Å². The topological polar surface area (TPSA) is 104 Å². The maximum absolute atomic E-state index is 12.9. The molecule has 5 rings (SSSR count). The monoisotopic (exact) mass is 608 g/mol. The van der Waals surface area contributed by atoms with Gasteiger partial charge in [-0.25, -0.2) is 4.79 Å². The van der Waals surface area contributed by atoms with E-state index in [1.807, 2.05) is 61.5 Å². The summed E-state index contributed by atoms with van der Waals surface area (Å²) in [6.07, 6.45) is 3.12. The number of carbonyl (C=O) groups is 2. The van der Waals surface area contributed by atoms with E-state index < -0.39 is 12.0 Å². The Kier molecular flexibility index (Phi) is 9.89. The fourth-order valence-electron chi connectivity index (χ4n) is 5.42. The number of carbonyl (C=O) groups excluding carboxylic acids is 2. The summed E-state index contributed by atoms with van der Waals surface area (Å²) >= 11 is 0. The molecule has 9 nitrogen and oxygen atoms in total.